The Morgan fingerprint density at radius 2 is 2.00 bits per heavy atom. The molecule has 1 saturated heterocycles. The molecule has 0 saturated carbocycles. The van der Waals surface area contributed by atoms with Crippen molar-refractivity contribution in [2.45, 2.75) is 25.4 Å². The van der Waals surface area contributed by atoms with Crippen LogP contribution >= 0.6 is 0 Å². The molecule has 4 nitrogen and oxygen atoms in total. The van der Waals surface area contributed by atoms with Gasteiger partial charge in [-0.15, -0.1) is 0 Å². The van der Waals surface area contributed by atoms with Gasteiger partial charge in [-0.25, -0.2) is 0 Å². The lowest BCUT2D eigenvalue weighted by Gasteiger charge is -2.34. The normalized spacial score (nSPS) is 24.1. The second-order valence-corrected chi connectivity index (χ2v) is 6.22. The maximum Gasteiger partial charge on any atom is 0.141 e. The molecule has 1 unspecified atom stereocenters. The van der Waals surface area contributed by atoms with Gasteiger partial charge in [0.2, 0.25) is 0 Å². The van der Waals surface area contributed by atoms with E-state index >= 15 is 0 Å². The number of rotatable bonds is 5. The number of fused-ring (bicyclic) bond motifs is 1. The largest absolute Gasteiger partial charge is 0.395 e. The molecule has 1 fully saturated rings. The Balaban J connectivity index is 1.58. The highest BCUT2D eigenvalue weighted by molar-refractivity contribution is 5.64. The lowest BCUT2D eigenvalue weighted by atomic mass is 9.96. The molecule has 1 aromatic carbocycles. The van der Waals surface area contributed by atoms with Crippen molar-refractivity contribution in [1.82, 2.24) is 9.80 Å². The van der Waals surface area contributed by atoms with Crippen LogP contribution in [-0.4, -0.2) is 54.0 Å². The number of nitrogens with zero attached hydrogens (tertiary/aromatic N) is 2. The summed E-state index contributed by atoms with van der Waals surface area (Å²) < 4.78 is 0. The summed E-state index contributed by atoms with van der Waals surface area (Å²) in [7, 11) is 0. The van der Waals surface area contributed by atoms with Crippen LogP contribution < -0.4 is 0 Å². The van der Waals surface area contributed by atoms with E-state index in [4.69, 9.17) is 5.11 Å². The van der Waals surface area contributed by atoms with Gasteiger partial charge in [-0.3, -0.25) is 4.90 Å². The standard InChI is InChI=1S/C17H24N2O2/c20-10-9-18-7-5-14(6-8-18)11-19-12-15-3-1-2-4-16(15)17(19)13-21/h1-4,13-14,17,20H,5-12H2. The summed E-state index contributed by atoms with van der Waals surface area (Å²) in [6.45, 7) is 5.08. The molecule has 2 aliphatic rings. The monoisotopic (exact) mass is 288 g/mol. The summed E-state index contributed by atoms with van der Waals surface area (Å²) in [5.74, 6) is 0.664. The number of piperidine rings is 1. The minimum Gasteiger partial charge on any atom is -0.395 e. The van der Waals surface area contributed by atoms with E-state index in [1.807, 2.05) is 6.07 Å². The molecular weight excluding hydrogens is 264 g/mol. The fourth-order valence-electron chi connectivity index (χ4n) is 3.68. The number of hydrogen-bond acceptors (Lipinski definition) is 4. The molecule has 0 aliphatic carbocycles. The van der Waals surface area contributed by atoms with E-state index in [0.29, 0.717) is 5.92 Å². The topological polar surface area (TPSA) is 43.8 Å². The number of β-amino-alcohol motifs (C(OH)–C–C–N with tert-alkyl or cyclic N) is 1. The van der Waals surface area contributed by atoms with Crippen LogP contribution in [0, 0.1) is 5.92 Å². The predicted molar refractivity (Wildman–Crippen MR) is 81.9 cm³/mol. The Hall–Kier alpha value is -1.23. The van der Waals surface area contributed by atoms with Crippen molar-refractivity contribution < 1.29 is 9.90 Å². The number of carbonyl (C=O) groups is 1. The zero-order valence-electron chi connectivity index (χ0n) is 12.4. The molecule has 1 atom stereocenters. The van der Waals surface area contributed by atoms with Crippen LogP contribution in [0.2, 0.25) is 0 Å². The number of hydrogen-bond donors (Lipinski definition) is 1. The van der Waals surface area contributed by atoms with Crippen molar-refractivity contribution in [2.75, 3.05) is 32.8 Å². The molecule has 0 spiro atoms. The second kappa shape index (κ2) is 6.69. The zero-order chi connectivity index (χ0) is 14.7. The quantitative estimate of drug-likeness (QED) is 0.833. The summed E-state index contributed by atoms with van der Waals surface area (Å²) >= 11 is 0. The molecule has 2 heterocycles. The predicted octanol–water partition coefficient (Wildman–Crippen LogP) is 1.45. The first-order chi connectivity index (χ1) is 10.3. The minimum absolute atomic E-state index is 0.0586. The fraction of sp³-hybridized carbons (Fsp3) is 0.588. The van der Waals surface area contributed by atoms with Crippen LogP contribution in [0.25, 0.3) is 0 Å². The number of aliphatic hydroxyl groups excluding tert-OH is 1. The van der Waals surface area contributed by atoms with Gasteiger partial charge in [-0.05, 0) is 43.0 Å². The van der Waals surface area contributed by atoms with Crippen molar-refractivity contribution in [2.24, 2.45) is 5.92 Å². The average Bonchev–Trinajstić information content (AvgIpc) is 2.86. The number of aldehydes is 1. The summed E-state index contributed by atoms with van der Waals surface area (Å²) in [5.41, 5.74) is 2.48. The molecule has 114 valence electrons. The first kappa shape index (κ1) is 14.7. The molecule has 0 amide bonds. The number of carbonyl (C=O) groups excluding carboxylic acids is 1. The SMILES string of the molecule is O=CC1c2ccccc2CN1CC1CCN(CCO)CC1. The Morgan fingerprint density at radius 3 is 2.71 bits per heavy atom. The van der Waals surface area contributed by atoms with Crippen molar-refractivity contribution in [3.8, 4) is 0 Å². The molecule has 21 heavy (non-hydrogen) atoms. The van der Waals surface area contributed by atoms with E-state index in [9.17, 15) is 4.79 Å². The van der Waals surface area contributed by atoms with Crippen LogP contribution in [0.4, 0.5) is 0 Å². The second-order valence-electron chi connectivity index (χ2n) is 6.22. The molecule has 0 aromatic heterocycles. The summed E-state index contributed by atoms with van der Waals surface area (Å²) in [6, 6.07) is 8.23. The van der Waals surface area contributed by atoms with Gasteiger partial charge >= 0.3 is 0 Å². The summed E-state index contributed by atoms with van der Waals surface area (Å²) in [6.07, 6.45) is 3.42. The lowest BCUT2D eigenvalue weighted by molar-refractivity contribution is -0.112. The van der Waals surface area contributed by atoms with Crippen LogP contribution in [0.5, 0.6) is 0 Å². The third-order valence-corrected chi connectivity index (χ3v) is 4.89. The minimum atomic E-state index is -0.0586. The van der Waals surface area contributed by atoms with Gasteiger partial charge in [0.1, 0.15) is 6.29 Å². The maximum absolute atomic E-state index is 11.5. The van der Waals surface area contributed by atoms with E-state index < -0.39 is 0 Å². The Labute approximate surface area is 126 Å². The molecular formula is C17H24N2O2. The lowest BCUT2D eigenvalue weighted by Crippen LogP contribution is -2.39. The number of aliphatic hydroxyl groups is 1. The third kappa shape index (κ3) is 3.18. The van der Waals surface area contributed by atoms with Gasteiger partial charge in [0.05, 0.1) is 12.6 Å². The molecule has 2 aliphatic heterocycles. The van der Waals surface area contributed by atoms with Crippen LogP contribution in [-0.2, 0) is 11.3 Å². The van der Waals surface area contributed by atoms with Crippen molar-refractivity contribution >= 4 is 6.29 Å². The van der Waals surface area contributed by atoms with Gasteiger partial charge in [-0.2, -0.15) is 0 Å². The molecule has 1 N–H and O–H groups in total. The summed E-state index contributed by atoms with van der Waals surface area (Å²) in [5, 5.41) is 8.99. The maximum atomic E-state index is 11.5. The fourth-order valence-corrected chi connectivity index (χ4v) is 3.68. The third-order valence-electron chi connectivity index (χ3n) is 4.89. The molecule has 1 aromatic rings. The van der Waals surface area contributed by atoms with Crippen molar-refractivity contribution in [3.63, 3.8) is 0 Å². The molecule has 0 bridgehead atoms. The Bertz CT molecular complexity index is 483. The Kier molecular flexibility index (Phi) is 4.68. The average molecular weight is 288 g/mol. The van der Waals surface area contributed by atoms with Crippen LogP contribution in [0.1, 0.15) is 30.0 Å². The van der Waals surface area contributed by atoms with Crippen LogP contribution in [0.3, 0.4) is 0 Å². The number of likely N-dealkylation sites (tertiary alicyclic amines) is 1. The van der Waals surface area contributed by atoms with Gasteiger partial charge in [0.15, 0.2) is 0 Å². The van der Waals surface area contributed by atoms with Crippen LogP contribution in [0.15, 0.2) is 24.3 Å². The van der Waals surface area contributed by atoms with E-state index in [0.717, 1.165) is 39.0 Å². The van der Waals surface area contributed by atoms with Gasteiger partial charge in [-0.1, -0.05) is 24.3 Å². The van der Waals surface area contributed by atoms with Crippen molar-refractivity contribution in [1.29, 1.82) is 0 Å². The van der Waals surface area contributed by atoms with Gasteiger partial charge < -0.3 is 14.8 Å². The van der Waals surface area contributed by atoms with E-state index in [2.05, 4.69) is 28.0 Å². The zero-order valence-corrected chi connectivity index (χ0v) is 12.4. The van der Waals surface area contributed by atoms with Crippen molar-refractivity contribution in [3.05, 3.63) is 35.4 Å². The highest BCUT2D eigenvalue weighted by Gasteiger charge is 2.31. The first-order valence-electron chi connectivity index (χ1n) is 7.92. The van der Waals surface area contributed by atoms with Gasteiger partial charge in [0, 0.05) is 19.6 Å². The van der Waals surface area contributed by atoms with Gasteiger partial charge in [0.25, 0.3) is 0 Å². The molecule has 4 heteroatoms. The van der Waals surface area contributed by atoms with E-state index in [1.54, 1.807) is 0 Å². The van der Waals surface area contributed by atoms with E-state index in [-0.39, 0.29) is 12.6 Å². The first-order valence-corrected chi connectivity index (χ1v) is 7.92. The summed E-state index contributed by atoms with van der Waals surface area (Å²) in [4.78, 5) is 16.1. The highest BCUT2D eigenvalue weighted by Crippen LogP contribution is 2.33. The Morgan fingerprint density at radius 1 is 1.24 bits per heavy atom. The molecule has 3 rings (SSSR count). The highest BCUT2D eigenvalue weighted by atomic mass is 16.3. The molecule has 0 radical (unpaired) electrons. The van der Waals surface area contributed by atoms with E-state index in [1.165, 1.54) is 24.0 Å². The smallest absolute Gasteiger partial charge is 0.141 e. The number of benzene rings is 1.